The molecule has 0 spiro atoms. The Hall–Kier alpha value is -2.29. The molecule has 0 saturated heterocycles. The molecular formula is C18H19O3. The summed E-state index contributed by atoms with van der Waals surface area (Å²) in [5.74, 6) is 0.883. The van der Waals surface area contributed by atoms with Crippen LogP contribution in [-0.2, 0) is 22.6 Å². The van der Waals surface area contributed by atoms with E-state index in [1.165, 1.54) is 12.0 Å². The van der Waals surface area contributed by atoms with Crippen molar-refractivity contribution < 1.29 is 14.3 Å². The number of hydrogen-bond donors (Lipinski definition) is 0. The van der Waals surface area contributed by atoms with E-state index in [0.29, 0.717) is 13.2 Å². The predicted molar refractivity (Wildman–Crippen MR) is 81.8 cm³/mol. The summed E-state index contributed by atoms with van der Waals surface area (Å²) in [6.45, 7) is 2.45. The fourth-order valence-corrected chi connectivity index (χ4v) is 2.08. The Bertz CT molecular complexity index is 537. The van der Waals surface area contributed by atoms with Crippen LogP contribution in [0.3, 0.4) is 0 Å². The van der Waals surface area contributed by atoms with Crippen molar-refractivity contribution in [3.05, 3.63) is 65.7 Å². The Balaban J connectivity index is 1.79. The average Bonchev–Trinajstić information content (AvgIpc) is 2.54. The van der Waals surface area contributed by atoms with Crippen LogP contribution in [0.25, 0.3) is 0 Å². The van der Waals surface area contributed by atoms with Gasteiger partial charge in [0.05, 0.1) is 6.61 Å². The van der Waals surface area contributed by atoms with E-state index in [0.717, 1.165) is 30.6 Å². The first-order valence-corrected chi connectivity index (χ1v) is 7.13. The molecule has 0 atom stereocenters. The van der Waals surface area contributed by atoms with E-state index in [1.54, 1.807) is 0 Å². The van der Waals surface area contributed by atoms with E-state index in [-0.39, 0.29) is 0 Å². The highest BCUT2D eigenvalue weighted by Gasteiger charge is 1.99. The molecule has 1 radical (unpaired) electrons. The quantitative estimate of drug-likeness (QED) is 0.659. The van der Waals surface area contributed by atoms with Crippen LogP contribution in [-0.4, -0.2) is 13.1 Å². The Morgan fingerprint density at radius 3 is 2.52 bits per heavy atom. The molecule has 109 valence electrons. The van der Waals surface area contributed by atoms with Crippen molar-refractivity contribution in [1.29, 1.82) is 0 Å². The number of unbranched alkanes of at least 4 members (excludes halogenated alkanes) is 1. The predicted octanol–water partition coefficient (Wildman–Crippen LogP) is 3.67. The van der Waals surface area contributed by atoms with E-state index in [4.69, 9.17) is 4.74 Å². The molecule has 0 aliphatic rings. The Kier molecular flexibility index (Phi) is 6.33. The summed E-state index contributed by atoms with van der Waals surface area (Å²) in [6.07, 6.45) is 2.78. The highest BCUT2D eigenvalue weighted by Crippen LogP contribution is 2.16. The fraction of sp³-hybridized carbons (Fsp3) is 0.278. The zero-order valence-corrected chi connectivity index (χ0v) is 12.0. The second-order valence-corrected chi connectivity index (χ2v) is 4.81. The van der Waals surface area contributed by atoms with Crippen LogP contribution in [0.5, 0.6) is 5.75 Å². The molecule has 0 amide bonds. The zero-order chi connectivity index (χ0) is 14.8. The largest absolute Gasteiger partial charge is 0.489 e. The molecule has 3 nitrogen and oxygen atoms in total. The van der Waals surface area contributed by atoms with Gasteiger partial charge in [0.15, 0.2) is 0 Å². The smallest absolute Gasteiger partial charge is 0.417 e. The molecule has 0 N–H and O–H groups in total. The minimum atomic E-state index is 0.438. The SMILES string of the molecule is O=[C]OCCCCc1cccc(OCc2ccccc2)c1. The summed E-state index contributed by atoms with van der Waals surface area (Å²) in [7, 11) is 0. The average molecular weight is 283 g/mol. The fourth-order valence-electron chi connectivity index (χ4n) is 2.08. The third-order valence-electron chi connectivity index (χ3n) is 3.17. The van der Waals surface area contributed by atoms with Crippen molar-refractivity contribution in [1.82, 2.24) is 0 Å². The third-order valence-corrected chi connectivity index (χ3v) is 3.17. The monoisotopic (exact) mass is 283 g/mol. The van der Waals surface area contributed by atoms with Crippen molar-refractivity contribution in [2.75, 3.05) is 6.61 Å². The standard InChI is InChI=1S/C18H19O3/c19-15-20-12-5-4-7-16-10-6-11-18(13-16)21-14-17-8-2-1-3-9-17/h1-3,6,8-11,13H,4-5,7,12,14H2. The van der Waals surface area contributed by atoms with Gasteiger partial charge in [0, 0.05) is 0 Å². The lowest BCUT2D eigenvalue weighted by atomic mass is 10.1. The zero-order valence-electron chi connectivity index (χ0n) is 12.0. The minimum Gasteiger partial charge on any atom is -0.489 e. The molecule has 0 aromatic heterocycles. The first-order chi connectivity index (χ1) is 10.4. The first-order valence-electron chi connectivity index (χ1n) is 7.13. The minimum absolute atomic E-state index is 0.438. The van der Waals surface area contributed by atoms with Gasteiger partial charge in [0.2, 0.25) is 0 Å². The van der Waals surface area contributed by atoms with E-state index < -0.39 is 0 Å². The van der Waals surface area contributed by atoms with Crippen LogP contribution in [0.2, 0.25) is 0 Å². The lowest BCUT2D eigenvalue weighted by Gasteiger charge is -2.08. The molecule has 3 heteroatoms. The van der Waals surface area contributed by atoms with E-state index >= 15 is 0 Å². The number of hydrogen-bond acceptors (Lipinski definition) is 3. The Labute approximate surface area is 125 Å². The van der Waals surface area contributed by atoms with Crippen molar-refractivity contribution in [2.45, 2.75) is 25.9 Å². The lowest BCUT2D eigenvalue weighted by molar-refractivity contribution is 0.270. The van der Waals surface area contributed by atoms with E-state index in [2.05, 4.69) is 16.9 Å². The van der Waals surface area contributed by atoms with Crippen LogP contribution in [0.15, 0.2) is 54.6 Å². The molecule has 0 unspecified atom stereocenters. The van der Waals surface area contributed by atoms with Crippen LogP contribution >= 0.6 is 0 Å². The molecule has 0 heterocycles. The third kappa shape index (κ3) is 5.69. The molecule has 2 aromatic carbocycles. The number of ether oxygens (including phenoxy) is 2. The van der Waals surface area contributed by atoms with Gasteiger partial charge in [-0.25, -0.2) is 4.79 Å². The van der Waals surface area contributed by atoms with Gasteiger partial charge in [0.1, 0.15) is 12.4 Å². The number of carbonyl (C=O) groups excluding carboxylic acids is 1. The summed E-state index contributed by atoms with van der Waals surface area (Å²) in [4.78, 5) is 9.91. The number of rotatable bonds is 9. The van der Waals surface area contributed by atoms with Gasteiger partial charge < -0.3 is 9.47 Å². The van der Waals surface area contributed by atoms with Gasteiger partial charge in [-0.15, -0.1) is 0 Å². The van der Waals surface area contributed by atoms with Crippen LogP contribution in [0, 0.1) is 0 Å². The van der Waals surface area contributed by atoms with Gasteiger partial charge in [-0.2, -0.15) is 0 Å². The normalized spacial score (nSPS) is 10.1. The van der Waals surface area contributed by atoms with Gasteiger partial charge in [-0.1, -0.05) is 42.5 Å². The topological polar surface area (TPSA) is 35.5 Å². The highest BCUT2D eigenvalue weighted by molar-refractivity contribution is 5.38. The maximum atomic E-state index is 9.91. The molecule has 0 fully saturated rings. The first kappa shape index (κ1) is 15.1. The maximum absolute atomic E-state index is 9.91. The van der Waals surface area contributed by atoms with Gasteiger partial charge in [-0.05, 0) is 42.5 Å². The van der Waals surface area contributed by atoms with Crippen molar-refractivity contribution in [3.63, 3.8) is 0 Å². The second-order valence-electron chi connectivity index (χ2n) is 4.81. The van der Waals surface area contributed by atoms with E-state index in [9.17, 15) is 4.79 Å². The summed E-state index contributed by atoms with van der Waals surface area (Å²) >= 11 is 0. The molecule has 2 aromatic rings. The highest BCUT2D eigenvalue weighted by atomic mass is 16.5. The molecule has 21 heavy (non-hydrogen) atoms. The summed E-state index contributed by atoms with van der Waals surface area (Å²) in [5.41, 5.74) is 2.39. The molecule has 2 rings (SSSR count). The van der Waals surface area contributed by atoms with Crippen molar-refractivity contribution >= 4 is 6.47 Å². The van der Waals surface area contributed by atoms with Crippen molar-refractivity contribution in [3.8, 4) is 5.75 Å². The molecule has 0 aliphatic heterocycles. The molecular weight excluding hydrogens is 264 g/mol. The maximum Gasteiger partial charge on any atom is 0.417 e. The van der Waals surface area contributed by atoms with Crippen molar-refractivity contribution in [2.24, 2.45) is 0 Å². The molecule has 0 bridgehead atoms. The van der Waals surface area contributed by atoms with E-state index in [1.807, 2.05) is 42.5 Å². The van der Waals surface area contributed by atoms with Gasteiger partial charge in [0.25, 0.3) is 0 Å². The Morgan fingerprint density at radius 1 is 0.905 bits per heavy atom. The van der Waals surface area contributed by atoms with Crippen LogP contribution < -0.4 is 4.74 Å². The van der Waals surface area contributed by atoms with Gasteiger partial charge in [-0.3, -0.25) is 0 Å². The number of benzene rings is 2. The second kappa shape index (κ2) is 8.80. The molecule has 0 aliphatic carbocycles. The van der Waals surface area contributed by atoms with Gasteiger partial charge >= 0.3 is 6.47 Å². The lowest BCUT2D eigenvalue weighted by Crippen LogP contribution is -1.96. The summed E-state index contributed by atoms with van der Waals surface area (Å²) < 4.78 is 10.4. The summed E-state index contributed by atoms with van der Waals surface area (Å²) in [6, 6.07) is 18.2. The molecule has 0 saturated carbocycles. The number of aryl methyl sites for hydroxylation is 1. The van der Waals surface area contributed by atoms with Crippen LogP contribution in [0.1, 0.15) is 24.0 Å². The van der Waals surface area contributed by atoms with Crippen LogP contribution in [0.4, 0.5) is 0 Å². The Morgan fingerprint density at radius 2 is 1.71 bits per heavy atom. The summed E-state index contributed by atoms with van der Waals surface area (Å²) in [5, 5.41) is 0.